The van der Waals surface area contributed by atoms with Gasteiger partial charge in [0.05, 0.1) is 12.7 Å². The Morgan fingerprint density at radius 1 is 1.43 bits per heavy atom. The summed E-state index contributed by atoms with van der Waals surface area (Å²) in [6.07, 6.45) is 3.86. The Kier molecular flexibility index (Phi) is 5.00. The van der Waals surface area contributed by atoms with Gasteiger partial charge in [-0.2, -0.15) is 5.10 Å². The minimum atomic E-state index is 0.0328. The summed E-state index contributed by atoms with van der Waals surface area (Å²) in [5.41, 5.74) is 0.212. The second-order valence-electron chi connectivity index (χ2n) is 6.39. The number of aromatic nitrogens is 2. The average molecular weight is 293 g/mol. The van der Waals surface area contributed by atoms with E-state index in [0.29, 0.717) is 6.54 Å². The lowest BCUT2D eigenvalue weighted by Crippen LogP contribution is -2.51. The Balaban J connectivity index is 1.84. The lowest BCUT2D eigenvalue weighted by molar-refractivity contribution is -0.117. The molecule has 0 unspecified atom stereocenters. The molecule has 1 aromatic heterocycles. The molecule has 0 spiro atoms. The topological polar surface area (TPSA) is 62.2 Å². The van der Waals surface area contributed by atoms with Crippen molar-refractivity contribution in [2.75, 3.05) is 32.0 Å². The van der Waals surface area contributed by atoms with E-state index < -0.39 is 0 Å². The van der Waals surface area contributed by atoms with E-state index in [-0.39, 0.29) is 17.5 Å². The normalized spacial score (nSPS) is 18.9. The molecule has 1 amide bonds. The van der Waals surface area contributed by atoms with Crippen molar-refractivity contribution < 1.29 is 4.79 Å². The van der Waals surface area contributed by atoms with Crippen LogP contribution in [0.4, 0.5) is 5.82 Å². The van der Waals surface area contributed by atoms with E-state index in [1.807, 2.05) is 31.6 Å². The van der Waals surface area contributed by atoms with Crippen LogP contribution >= 0.6 is 0 Å². The molecule has 1 fully saturated rings. The van der Waals surface area contributed by atoms with Gasteiger partial charge in [-0.1, -0.05) is 0 Å². The fraction of sp³-hybridized carbons (Fsp3) is 0.733. The summed E-state index contributed by atoms with van der Waals surface area (Å²) in [6.45, 7) is 8.69. The third-order valence-electron chi connectivity index (χ3n) is 4.36. The molecule has 0 bridgehead atoms. The molecule has 2 N–H and O–H groups in total. The van der Waals surface area contributed by atoms with Crippen LogP contribution in [-0.2, 0) is 4.79 Å². The standard InChI is InChI=1S/C15H27N5O/c1-12(2)20-13(5-8-17-20)18-14(21)11-19-9-6-15(3,16-4)7-10-19/h5,8,12,16H,6-7,9-11H2,1-4H3,(H,18,21). The zero-order chi connectivity index (χ0) is 15.5. The first-order valence-corrected chi connectivity index (χ1v) is 7.68. The van der Waals surface area contributed by atoms with Crippen molar-refractivity contribution in [2.45, 2.75) is 45.2 Å². The molecular weight excluding hydrogens is 266 g/mol. The molecule has 21 heavy (non-hydrogen) atoms. The van der Waals surface area contributed by atoms with Crippen molar-refractivity contribution in [3.05, 3.63) is 12.3 Å². The number of amides is 1. The van der Waals surface area contributed by atoms with Crippen LogP contribution in [0.2, 0.25) is 0 Å². The highest BCUT2D eigenvalue weighted by atomic mass is 16.2. The van der Waals surface area contributed by atoms with Gasteiger partial charge in [-0.15, -0.1) is 0 Å². The zero-order valence-corrected chi connectivity index (χ0v) is 13.5. The first-order chi connectivity index (χ1) is 9.93. The van der Waals surface area contributed by atoms with Gasteiger partial charge in [-0.05, 0) is 40.7 Å². The highest BCUT2D eigenvalue weighted by molar-refractivity contribution is 5.91. The van der Waals surface area contributed by atoms with E-state index in [1.165, 1.54) is 0 Å². The SMILES string of the molecule is CNC1(C)CCN(CC(=O)Nc2ccnn2C(C)C)CC1. The van der Waals surface area contributed by atoms with Gasteiger partial charge in [0.15, 0.2) is 0 Å². The van der Waals surface area contributed by atoms with Crippen molar-refractivity contribution in [2.24, 2.45) is 0 Å². The maximum absolute atomic E-state index is 12.2. The number of nitrogens with one attached hydrogen (secondary N) is 2. The summed E-state index contributed by atoms with van der Waals surface area (Å²) in [7, 11) is 2.01. The predicted molar refractivity (Wildman–Crippen MR) is 84.4 cm³/mol. The maximum atomic E-state index is 12.2. The number of hydrogen-bond donors (Lipinski definition) is 2. The van der Waals surface area contributed by atoms with E-state index in [2.05, 4.69) is 27.6 Å². The summed E-state index contributed by atoms with van der Waals surface area (Å²) in [6, 6.07) is 2.08. The van der Waals surface area contributed by atoms with E-state index in [4.69, 9.17) is 0 Å². The molecule has 0 saturated carbocycles. The molecule has 1 saturated heterocycles. The molecule has 1 aromatic rings. The molecule has 1 aliphatic rings. The van der Waals surface area contributed by atoms with Crippen molar-refractivity contribution in [3.63, 3.8) is 0 Å². The van der Waals surface area contributed by atoms with E-state index in [1.54, 1.807) is 6.20 Å². The molecule has 0 aliphatic carbocycles. The largest absolute Gasteiger partial charge is 0.314 e. The Morgan fingerprint density at radius 2 is 2.10 bits per heavy atom. The third-order valence-corrected chi connectivity index (χ3v) is 4.36. The summed E-state index contributed by atoms with van der Waals surface area (Å²) in [4.78, 5) is 14.4. The summed E-state index contributed by atoms with van der Waals surface area (Å²) < 4.78 is 1.83. The van der Waals surface area contributed by atoms with Crippen LogP contribution in [0, 0.1) is 0 Å². The predicted octanol–water partition coefficient (Wildman–Crippen LogP) is 1.48. The molecule has 6 heteroatoms. The number of likely N-dealkylation sites (tertiary alicyclic amines) is 1. The number of anilines is 1. The minimum Gasteiger partial charge on any atom is -0.314 e. The fourth-order valence-electron chi connectivity index (χ4n) is 2.66. The molecule has 118 valence electrons. The van der Waals surface area contributed by atoms with E-state index in [0.717, 1.165) is 31.7 Å². The van der Waals surface area contributed by atoms with Crippen LogP contribution in [-0.4, -0.2) is 52.8 Å². The molecule has 0 radical (unpaired) electrons. The van der Waals surface area contributed by atoms with Crippen LogP contribution in [0.3, 0.4) is 0 Å². The number of hydrogen-bond acceptors (Lipinski definition) is 4. The van der Waals surface area contributed by atoms with Gasteiger partial charge < -0.3 is 10.6 Å². The van der Waals surface area contributed by atoms with E-state index >= 15 is 0 Å². The Labute approximate surface area is 126 Å². The number of piperidine rings is 1. The lowest BCUT2D eigenvalue weighted by Gasteiger charge is -2.39. The van der Waals surface area contributed by atoms with E-state index in [9.17, 15) is 4.79 Å². The minimum absolute atomic E-state index is 0.0328. The summed E-state index contributed by atoms with van der Waals surface area (Å²) >= 11 is 0. The number of nitrogens with zero attached hydrogens (tertiary/aromatic N) is 3. The number of carbonyl (C=O) groups excluding carboxylic acids is 1. The number of carbonyl (C=O) groups is 1. The number of rotatable bonds is 5. The van der Waals surface area contributed by atoms with Gasteiger partial charge >= 0.3 is 0 Å². The molecule has 2 heterocycles. The molecule has 1 aliphatic heterocycles. The fourth-order valence-corrected chi connectivity index (χ4v) is 2.66. The first kappa shape index (κ1) is 16.0. The second kappa shape index (κ2) is 6.58. The van der Waals surface area contributed by atoms with Gasteiger partial charge in [0, 0.05) is 30.7 Å². The highest BCUT2D eigenvalue weighted by Gasteiger charge is 2.28. The van der Waals surface area contributed by atoms with Crippen LogP contribution < -0.4 is 10.6 Å². The highest BCUT2D eigenvalue weighted by Crippen LogP contribution is 2.21. The van der Waals surface area contributed by atoms with Crippen LogP contribution in [0.15, 0.2) is 12.3 Å². The van der Waals surface area contributed by atoms with Gasteiger partial charge in [-0.25, -0.2) is 4.68 Å². The zero-order valence-electron chi connectivity index (χ0n) is 13.5. The van der Waals surface area contributed by atoms with Crippen LogP contribution in [0.5, 0.6) is 0 Å². The van der Waals surface area contributed by atoms with Crippen molar-refractivity contribution in [3.8, 4) is 0 Å². The summed E-state index contributed by atoms with van der Waals surface area (Å²) in [5, 5.41) is 10.6. The van der Waals surface area contributed by atoms with Gasteiger partial charge in [0.2, 0.25) is 5.91 Å². The molecule has 2 rings (SSSR count). The van der Waals surface area contributed by atoms with Gasteiger partial charge in [0.1, 0.15) is 5.82 Å². The van der Waals surface area contributed by atoms with Crippen molar-refractivity contribution >= 4 is 11.7 Å². The van der Waals surface area contributed by atoms with Gasteiger partial charge in [-0.3, -0.25) is 9.69 Å². The summed E-state index contributed by atoms with van der Waals surface area (Å²) in [5.74, 6) is 0.803. The Bertz CT molecular complexity index is 474. The molecule has 0 aromatic carbocycles. The first-order valence-electron chi connectivity index (χ1n) is 7.68. The Morgan fingerprint density at radius 3 is 2.67 bits per heavy atom. The second-order valence-corrected chi connectivity index (χ2v) is 6.39. The molecule has 6 nitrogen and oxygen atoms in total. The van der Waals surface area contributed by atoms with Crippen molar-refractivity contribution in [1.29, 1.82) is 0 Å². The smallest absolute Gasteiger partial charge is 0.239 e. The maximum Gasteiger partial charge on any atom is 0.239 e. The average Bonchev–Trinajstić information content (AvgIpc) is 2.90. The quantitative estimate of drug-likeness (QED) is 0.863. The molecular formula is C15H27N5O. The van der Waals surface area contributed by atoms with Crippen LogP contribution in [0.25, 0.3) is 0 Å². The third kappa shape index (κ3) is 4.04. The lowest BCUT2D eigenvalue weighted by atomic mass is 9.90. The molecule has 0 atom stereocenters. The van der Waals surface area contributed by atoms with Gasteiger partial charge in [0.25, 0.3) is 0 Å². The van der Waals surface area contributed by atoms with Crippen molar-refractivity contribution in [1.82, 2.24) is 20.0 Å². The van der Waals surface area contributed by atoms with Crippen LogP contribution in [0.1, 0.15) is 39.7 Å². The monoisotopic (exact) mass is 293 g/mol. The Hall–Kier alpha value is -1.40.